The van der Waals surface area contributed by atoms with Crippen LogP contribution in [0, 0.1) is 0 Å². The van der Waals surface area contributed by atoms with Crippen molar-refractivity contribution in [3.8, 4) is 0 Å². The Labute approximate surface area is 412 Å². The van der Waals surface area contributed by atoms with Crippen LogP contribution in [0.4, 0.5) is 0 Å². The maximum atomic E-state index is 12.9. The van der Waals surface area contributed by atoms with Crippen molar-refractivity contribution in [1.82, 2.24) is 5.32 Å². The van der Waals surface area contributed by atoms with E-state index in [1.165, 1.54) is 244 Å². The van der Waals surface area contributed by atoms with Crippen LogP contribution in [0.15, 0.2) is 0 Å². The number of aliphatic hydroxyl groups is 1. The van der Waals surface area contributed by atoms with Crippen LogP contribution in [0.3, 0.4) is 0 Å². The molecule has 0 rings (SSSR count). The Hall–Kier alpha value is -0.500. The van der Waals surface area contributed by atoms with Crippen molar-refractivity contribution in [2.75, 3.05) is 40.9 Å². The summed E-state index contributed by atoms with van der Waals surface area (Å²) < 4.78 is 23.7. The highest BCUT2D eigenvalue weighted by atomic mass is 31.2. The molecule has 9 heteroatoms. The van der Waals surface area contributed by atoms with E-state index < -0.39 is 20.0 Å². The third kappa shape index (κ3) is 51.4. The summed E-state index contributed by atoms with van der Waals surface area (Å²) >= 11 is 0. The molecule has 0 fully saturated rings. The van der Waals surface area contributed by atoms with E-state index in [1.807, 2.05) is 21.1 Å². The number of aliphatic hydroxyl groups excluding tert-OH is 1. The molecule has 0 aromatic heterocycles. The fourth-order valence-corrected chi connectivity index (χ4v) is 9.96. The van der Waals surface area contributed by atoms with Gasteiger partial charge >= 0.3 is 7.82 Å². The zero-order valence-corrected chi connectivity index (χ0v) is 46.1. The Morgan fingerprint density at radius 2 is 0.727 bits per heavy atom. The third-order valence-corrected chi connectivity index (χ3v) is 14.8. The second kappa shape index (κ2) is 49.5. The van der Waals surface area contributed by atoms with E-state index in [0.717, 1.165) is 38.5 Å². The van der Waals surface area contributed by atoms with Gasteiger partial charge in [-0.25, -0.2) is 4.57 Å². The zero-order chi connectivity index (χ0) is 48.5. The minimum atomic E-state index is -4.31. The van der Waals surface area contributed by atoms with Crippen LogP contribution >= 0.6 is 7.82 Å². The van der Waals surface area contributed by atoms with Crippen LogP contribution in [-0.2, 0) is 18.4 Å². The summed E-state index contributed by atoms with van der Waals surface area (Å²) in [4.78, 5) is 23.2. The van der Waals surface area contributed by atoms with E-state index in [4.69, 9.17) is 9.05 Å². The topological polar surface area (TPSA) is 105 Å². The van der Waals surface area contributed by atoms with E-state index in [-0.39, 0.29) is 19.1 Å². The van der Waals surface area contributed by atoms with E-state index in [2.05, 4.69) is 19.2 Å². The Morgan fingerprint density at radius 1 is 0.455 bits per heavy atom. The maximum Gasteiger partial charge on any atom is 0.472 e. The quantitative estimate of drug-likeness (QED) is 0.0319. The predicted molar refractivity (Wildman–Crippen MR) is 286 cm³/mol. The lowest BCUT2D eigenvalue weighted by Gasteiger charge is -2.26. The van der Waals surface area contributed by atoms with Gasteiger partial charge in [0.15, 0.2) is 0 Å². The van der Waals surface area contributed by atoms with Crippen molar-refractivity contribution in [1.29, 1.82) is 0 Å². The van der Waals surface area contributed by atoms with Crippen molar-refractivity contribution in [3.63, 3.8) is 0 Å². The van der Waals surface area contributed by atoms with E-state index >= 15 is 0 Å². The van der Waals surface area contributed by atoms with E-state index in [1.54, 1.807) is 0 Å². The molecule has 3 N–H and O–H groups in total. The molecule has 0 saturated heterocycles. The lowest BCUT2D eigenvalue weighted by atomic mass is 10.0. The summed E-state index contributed by atoms with van der Waals surface area (Å²) in [6, 6.07) is -0.753. The molecule has 3 atom stereocenters. The molecule has 1 amide bonds. The molecule has 0 aromatic carbocycles. The molecular formula is C57H118N2O6P+. The Balaban J connectivity index is 3.79. The first kappa shape index (κ1) is 65.5. The van der Waals surface area contributed by atoms with Gasteiger partial charge in [-0.3, -0.25) is 13.8 Å². The highest BCUT2D eigenvalue weighted by Crippen LogP contribution is 2.43. The second-order valence-electron chi connectivity index (χ2n) is 21.7. The molecule has 396 valence electrons. The van der Waals surface area contributed by atoms with Crippen molar-refractivity contribution < 1.29 is 32.9 Å². The number of rotatable bonds is 55. The van der Waals surface area contributed by atoms with Gasteiger partial charge in [-0.2, -0.15) is 0 Å². The number of unbranched alkanes of at least 4 members (excludes halogenated alkanes) is 42. The molecule has 0 radical (unpaired) electrons. The van der Waals surface area contributed by atoms with Crippen LogP contribution in [0.25, 0.3) is 0 Å². The maximum absolute atomic E-state index is 12.9. The fourth-order valence-electron chi connectivity index (χ4n) is 9.23. The molecule has 3 unspecified atom stereocenters. The molecule has 0 aliphatic rings. The minimum Gasteiger partial charge on any atom is -0.391 e. The molecule has 0 saturated carbocycles. The van der Waals surface area contributed by atoms with Crippen LogP contribution < -0.4 is 5.32 Å². The number of carbonyl (C=O) groups excluding carboxylic acids is 1. The highest BCUT2D eigenvalue weighted by molar-refractivity contribution is 7.47. The van der Waals surface area contributed by atoms with Crippen LogP contribution in [-0.4, -0.2) is 73.4 Å². The summed E-state index contributed by atoms with van der Waals surface area (Å²) in [5.74, 6) is -0.139. The predicted octanol–water partition coefficient (Wildman–Crippen LogP) is 17.7. The molecule has 0 heterocycles. The number of hydrogen-bond donors (Lipinski definition) is 3. The number of hydrogen-bond acceptors (Lipinski definition) is 5. The summed E-state index contributed by atoms with van der Waals surface area (Å²) in [6.07, 6.45) is 59.2. The number of phosphoric ester groups is 1. The van der Waals surface area contributed by atoms with E-state index in [0.29, 0.717) is 23.9 Å². The fraction of sp³-hybridized carbons (Fsp3) is 0.982. The average molecular weight is 959 g/mol. The smallest absolute Gasteiger partial charge is 0.391 e. The average Bonchev–Trinajstić information content (AvgIpc) is 3.28. The van der Waals surface area contributed by atoms with Gasteiger partial charge in [0.25, 0.3) is 0 Å². The summed E-state index contributed by atoms with van der Waals surface area (Å²) in [5.41, 5.74) is 0. The minimum absolute atomic E-state index is 0.0784. The first-order valence-electron chi connectivity index (χ1n) is 29.4. The molecule has 66 heavy (non-hydrogen) atoms. The van der Waals surface area contributed by atoms with Crippen LogP contribution in [0.2, 0.25) is 0 Å². The van der Waals surface area contributed by atoms with Crippen molar-refractivity contribution >= 4 is 13.7 Å². The lowest BCUT2D eigenvalue weighted by molar-refractivity contribution is -0.870. The number of phosphoric acid groups is 1. The second-order valence-corrected chi connectivity index (χ2v) is 23.2. The van der Waals surface area contributed by atoms with Gasteiger partial charge in [-0.15, -0.1) is 0 Å². The standard InChI is InChI=1S/C57H117N2O6P/c1-6-8-10-12-14-16-17-18-19-20-21-22-23-24-25-26-27-28-29-30-31-32-33-34-35-36-37-38-39-40-41-43-45-47-49-51-57(61)58-55(54-65-66(62,63)64-53-52-59(3,4)5)56(60)50-48-46-44-42-15-13-11-9-7-2/h55-56,60H,6-54H2,1-5H3,(H-,58,61,62,63)/p+1. The van der Waals surface area contributed by atoms with E-state index in [9.17, 15) is 19.4 Å². The Morgan fingerprint density at radius 3 is 1.02 bits per heavy atom. The van der Waals surface area contributed by atoms with Crippen molar-refractivity contribution in [2.45, 2.75) is 321 Å². The largest absolute Gasteiger partial charge is 0.472 e. The molecular weight excluding hydrogens is 840 g/mol. The van der Waals surface area contributed by atoms with Crippen molar-refractivity contribution in [3.05, 3.63) is 0 Å². The monoisotopic (exact) mass is 958 g/mol. The number of quaternary nitrogens is 1. The molecule has 0 spiro atoms. The highest BCUT2D eigenvalue weighted by Gasteiger charge is 2.28. The van der Waals surface area contributed by atoms with Crippen LogP contribution in [0.1, 0.15) is 309 Å². The van der Waals surface area contributed by atoms with Gasteiger partial charge in [0.1, 0.15) is 13.2 Å². The SMILES string of the molecule is CCCCCCCCCCCCCCCCCCCCCCCCCCCCCCCCCCCCCC(=O)NC(COP(=O)(O)OCC[N+](C)(C)C)C(O)CCCCCCCCCCC. The third-order valence-electron chi connectivity index (χ3n) is 13.9. The van der Waals surface area contributed by atoms with Gasteiger partial charge in [0.2, 0.25) is 5.91 Å². The van der Waals surface area contributed by atoms with Gasteiger partial charge < -0.3 is 19.8 Å². The van der Waals surface area contributed by atoms with Gasteiger partial charge in [-0.1, -0.05) is 290 Å². The zero-order valence-electron chi connectivity index (χ0n) is 45.2. The van der Waals surface area contributed by atoms with Gasteiger partial charge in [0, 0.05) is 6.42 Å². The summed E-state index contributed by atoms with van der Waals surface area (Å²) in [6.45, 7) is 4.90. The Bertz CT molecular complexity index is 1040. The van der Waals surface area contributed by atoms with Crippen molar-refractivity contribution in [2.24, 2.45) is 0 Å². The van der Waals surface area contributed by atoms with Crippen LogP contribution in [0.5, 0.6) is 0 Å². The number of nitrogens with zero attached hydrogens (tertiary/aromatic N) is 1. The number of nitrogens with one attached hydrogen (secondary N) is 1. The Kier molecular flexibility index (Phi) is 49.1. The number of carbonyl (C=O) groups is 1. The first-order valence-corrected chi connectivity index (χ1v) is 30.9. The molecule has 0 aliphatic heterocycles. The van der Waals surface area contributed by atoms with Gasteiger partial charge in [-0.05, 0) is 12.8 Å². The number of amides is 1. The molecule has 0 bridgehead atoms. The summed E-state index contributed by atoms with van der Waals surface area (Å²) in [7, 11) is 1.63. The number of likely N-dealkylation sites (N-methyl/N-ethyl adjacent to an activating group) is 1. The van der Waals surface area contributed by atoms with Gasteiger partial charge in [0.05, 0.1) is 39.9 Å². The normalized spacial score (nSPS) is 13.9. The first-order chi connectivity index (χ1) is 32.0. The molecule has 0 aliphatic carbocycles. The molecule has 0 aromatic rings. The molecule has 8 nitrogen and oxygen atoms in total. The lowest BCUT2D eigenvalue weighted by Crippen LogP contribution is -2.46. The summed E-state index contributed by atoms with van der Waals surface area (Å²) in [5, 5.41) is 13.9.